The fraction of sp³-hybridized carbons (Fsp3) is 0.500. The molecule has 0 radical (unpaired) electrons. The Bertz CT molecular complexity index is 903. The molecule has 31 heavy (non-hydrogen) atoms. The topological polar surface area (TPSA) is 79.4 Å². The summed E-state index contributed by atoms with van der Waals surface area (Å²) >= 11 is 0. The highest BCUT2D eigenvalue weighted by atomic mass is 19.1. The van der Waals surface area contributed by atoms with Crippen LogP contribution in [0.1, 0.15) is 44.0 Å². The fourth-order valence-corrected chi connectivity index (χ4v) is 3.59. The molecule has 3 rings (SSSR count). The monoisotopic (exact) mass is 433 g/mol. The quantitative estimate of drug-likeness (QED) is 0.660. The van der Waals surface area contributed by atoms with Crippen LogP contribution in [0.2, 0.25) is 0 Å². The van der Waals surface area contributed by atoms with Crippen molar-refractivity contribution in [2.45, 2.75) is 45.3 Å². The lowest BCUT2D eigenvalue weighted by atomic mass is 9.94. The first-order chi connectivity index (χ1) is 14.8. The molecule has 168 valence electrons. The van der Waals surface area contributed by atoms with Gasteiger partial charge in [0, 0.05) is 12.6 Å². The molecule has 1 aliphatic rings. The van der Waals surface area contributed by atoms with E-state index in [2.05, 4.69) is 20.6 Å². The Hall–Kier alpha value is -2.81. The molecule has 1 amide bonds. The minimum absolute atomic E-state index is 0.0587. The fourth-order valence-electron chi connectivity index (χ4n) is 3.59. The number of rotatable bonds is 8. The van der Waals surface area contributed by atoms with Crippen molar-refractivity contribution in [1.29, 1.82) is 0 Å². The molecule has 2 aromatic rings. The Balaban J connectivity index is 1.84. The van der Waals surface area contributed by atoms with Crippen LogP contribution in [0.15, 0.2) is 30.7 Å². The lowest BCUT2D eigenvalue weighted by molar-refractivity contribution is 0.0713. The van der Waals surface area contributed by atoms with E-state index >= 15 is 0 Å². The van der Waals surface area contributed by atoms with Crippen molar-refractivity contribution in [2.24, 2.45) is 0 Å². The number of anilines is 1. The molecule has 0 bridgehead atoms. The van der Waals surface area contributed by atoms with Crippen LogP contribution in [0, 0.1) is 5.82 Å². The van der Waals surface area contributed by atoms with Gasteiger partial charge in [-0.1, -0.05) is 0 Å². The van der Waals surface area contributed by atoms with Crippen molar-refractivity contribution in [3.63, 3.8) is 0 Å². The number of nitrogens with zero attached hydrogens (tertiary/aromatic N) is 3. The molecule has 2 heterocycles. The van der Waals surface area contributed by atoms with E-state index in [4.69, 9.17) is 4.74 Å². The highest BCUT2D eigenvalue weighted by Gasteiger charge is 2.32. The van der Waals surface area contributed by atoms with Crippen molar-refractivity contribution >= 4 is 11.7 Å². The first-order valence-electron chi connectivity index (χ1n) is 10.5. The number of halogens is 2. The van der Waals surface area contributed by atoms with E-state index in [1.807, 2.05) is 20.8 Å². The van der Waals surface area contributed by atoms with E-state index < -0.39 is 11.5 Å². The average Bonchev–Trinajstić information content (AvgIpc) is 2.75. The van der Waals surface area contributed by atoms with Gasteiger partial charge in [-0.05, 0) is 64.9 Å². The molecule has 1 fully saturated rings. The van der Waals surface area contributed by atoms with Crippen LogP contribution in [0.25, 0.3) is 0 Å². The Morgan fingerprint density at radius 3 is 2.74 bits per heavy atom. The molecule has 9 heteroatoms. The average molecular weight is 434 g/mol. The third kappa shape index (κ3) is 5.66. The summed E-state index contributed by atoms with van der Waals surface area (Å²) in [5.74, 6) is -0.155. The summed E-state index contributed by atoms with van der Waals surface area (Å²) < 4.78 is 34.8. The second-order valence-corrected chi connectivity index (χ2v) is 7.92. The maximum absolute atomic E-state index is 15.0. The summed E-state index contributed by atoms with van der Waals surface area (Å²) in [6, 6.07) is 3.72. The minimum Gasteiger partial charge on any atom is -0.451 e. The van der Waals surface area contributed by atoms with Crippen molar-refractivity contribution in [2.75, 3.05) is 31.5 Å². The van der Waals surface area contributed by atoms with Gasteiger partial charge in [-0.25, -0.2) is 18.7 Å². The lowest BCUT2D eigenvalue weighted by Crippen LogP contribution is -2.43. The van der Waals surface area contributed by atoms with Gasteiger partial charge in [0.1, 0.15) is 23.6 Å². The zero-order valence-electron chi connectivity index (χ0n) is 18.1. The number of hydrogen-bond donors (Lipinski definition) is 2. The Labute approximate surface area is 181 Å². The summed E-state index contributed by atoms with van der Waals surface area (Å²) in [7, 11) is 0. The van der Waals surface area contributed by atoms with Gasteiger partial charge in [0.25, 0.3) is 5.91 Å². The molecule has 2 N–H and O–H groups in total. The summed E-state index contributed by atoms with van der Waals surface area (Å²) in [6.07, 6.45) is 3.57. The molecule has 1 aliphatic heterocycles. The predicted octanol–water partition coefficient (Wildman–Crippen LogP) is 3.78. The number of aromatic nitrogens is 2. The summed E-state index contributed by atoms with van der Waals surface area (Å²) in [5, 5.41) is 6.15. The number of nitrogens with one attached hydrogen (secondary N) is 2. The van der Waals surface area contributed by atoms with E-state index in [1.165, 1.54) is 24.7 Å². The first kappa shape index (κ1) is 22.9. The number of piperidine rings is 1. The standard InChI is InChI=1S/C22H29F2N5O2/c1-4-29(15(2)3)21(30)17-11-16(23)5-6-18(17)31-19-12-26-14-28-20(19)27-13-22(24)7-9-25-10-8-22/h5-6,11-12,14-15,25H,4,7-10,13H2,1-3H3,(H,26,27,28). The van der Waals surface area contributed by atoms with Crippen LogP contribution in [0.4, 0.5) is 14.6 Å². The predicted molar refractivity (Wildman–Crippen MR) is 115 cm³/mol. The van der Waals surface area contributed by atoms with E-state index in [9.17, 15) is 13.6 Å². The largest absolute Gasteiger partial charge is 0.451 e. The number of amides is 1. The van der Waals surface area contributed by atoms with Crippen LogP contribution in [0.5, 0.6) is 11.5 Å². The molecular weight excluding hydrogens is 404 g/mol. The van der Waals surface area contributed by atoms with Crippen LogP contribution >= 0.6 is 0 Å². The van der Waals surface area contributed by atoms with Gasteiger partial charge in [0.2, 0.25) is 0 Å². The van der Waals surface area contributed by atoms with Crippen molar-refractivity contribution in [3.05, 3.63) is 42.1 Å². The van der Waals surface area contributed by atoms with Gasteiger partial charge in [-0.15, -0.1) is 0 Å². The van der Waals surface area contributed by atoms with Crippen molar-refractivity contribution in [1.82, 2.24) is 20.2 Å². The van der Waals surface area contributed by atoms with E-state index in [-0.39, 0.29) is 35.6 Å². The first-order valence-corrected chi connectivity index (χ1v) is 10.5. The maximum atomic E-state index is 15.0. The minimum atomic E-state index is -1.34. The molecule has 0 atom stereocenters. The van der Waals surface area contributed by atoms with Crippen molar-refractivity contribution < 1.29 is 18.3 Å². The normalized spacial score (nSPS) is 15.5. The maximum Gasteiger partial charge on any atom is 0.257 e. The SMILES string of the molecule is CCN(C(=O)c1cc(F)ccc1Oc1cncnc1NCC1(F)CCNCC1)C(C)C. The van der Waals surface area contributed by atoms with Crippen molar-refractivity contribution in [3.8, 4) is 11.5 Å². The third-order valence-electron chi connectivity index (χ3n) is 5.37. The molecule has 1 saturated heterocycles. The Morgan fingerprint density at radius 2 is 2.06 bits per heavy atom. The molecule has 7 nitrogen and oxygen atoms in total. The zero-order valence-corrected chi connectivity index (χ0v) is 18.1. The second kappa shape index (κ2) is 10.00. The van der Waals surface area contributed by atoms with Crippen LogP contribution in [-0.2, 0) is 0 Å². The number of hydrogen-bond acceptors (Lipinski definition) is 6. The molecule has 0 unspecified atom stereocenters. The number of ether oxygens (including phenoxy) is 1. The molecule has 1 aromatic carbocycles. The lowest BCUT2D eigenvalue weighted by Gasteiger charge is -2.30. The highest BCUT2D eigenvalue weighted by Crippen LogP contribution is 2.32. The van der Waals surface area contributed by atoms with Gasteiger partial charge >= 0.3 is 0 Å². The Morgan fingerprint density at radius 1 is 1.32 bits per heavy atom. The van der Waals surface area contributed by atoms with E-state index in [0.717, 1.165) is 6.07 Å². The highest BCUT2D eigenvalue weighted by molar-refractivity contribution is 5.97. The number of carbonyl (C=O) groups is 1. The van der Waals surface area contributed by atoms with E-state index in [0.29, 0.717) is 38.3 Å². The summed E-state index contributed by atoms with van der Waals surface area (Å²) in [5.41, 5.74) is -1.24. The summed E-state index contributed by atoms with van der Waals surface area (Å²) in [4.78, 5) is 22.8. The van der Waals surface area contributed by atoms with Crippen LogP contribution in [-0.4, -0.2) is 58.7 Å². The molecule has 0 saturated carbocycles. The summed E-state index contributed by atoms with van der Waals surface area (Å²) in [6.45, 7) is 7.43. The zero-order chi connectivity index (χ0) is 22.4. The van der Waals surface area contributed by atoms with Gasteiger partial charge in [-0.2, -0.15) is 0 Å². The van der Waals surface area contributed by atoms with Gasteiger partial charge in [-0.3, -0.25) is 4.79 Å². The van der Waals surface area contributed by atoms with Gasteiger partial charge in [0.05, 0.1) is 18.3 Å². The van der Waals surface area contributed by atoms with Gasteiger partial charge < -0.3 is 20.3 Å². The second-order valence-electron chi connectivity index (χ2n) is 7.92. The molecule has 0 spiro atoms. The molecule has 1 aromatic heterocycles. The smallest absolute Gasteiger partial charge is 0.257 e. The number of alkyl halides is 1. The molecular formula is C22H29F2N5O2. The van der Waals surface area contributed by atoms with E-state index in [1.54, 1.807) is 4.90 Å². The number of carbonyl (C=O) groups excluding carboxylic acids is 1. The van der Waals surface area contributed by atoms with Gasteiger partial charge in [0.15, 0.2) is 11.6 Å². The van der Waals surface area contributed by atoms with Crippen LogP contribution < -0.4 is 15.4 Å². The third-order valence-corrected chi connectivity index (χ3v) is 5.37. The van der Waals surface area contributed by atoms with Crippen LogP contribution in [0.3, 0.4) is 0 Å². The Kier molecular flexibility index (Phi) is 7.37. The number of benzene rings is 1. The molecule has 0 aliphatic carbocycles.